The fourth-order valence-corrected chi connectivity index (χ4v) is 4.03. The molecule has 2 aromatic rings. The van der Waals surface area contributed by atoms with Gasteiger partial charge in [-0.3, -0.25) is 9.59 Å². The molecule has 2 aliphatic rings. The number of amides is 1. The van der Waals surface area contributed by atoms with Crippen molar-refractivity contribution in [1.82, 2.24) is 14.9 Å². The number of ether oxygens (including phenoxy) is 1. The Hall–Kier alpha value is -2.21. The zero-order valence-electron chi connectivity index (χ0n) is 14.2. The minimum absolute atomic E-state index is 0.135. The van der Waals surface area contributed by atoms with E-state index in [1.165, 1.54) is 6.42 Å². The summed E-state index contributed by atoms with van der Waals surface area (Å²) >= 11 is 0. The number of H-pyrrole nitrogens is 1. The zero-order chi connectivity index (χ0) is 17.2. The number of nitrogens with one attached hydrogen (secondary N) is 1. The summed E-state index contributed by atoms with van der Waals surface area (Å²) in [6.45, 7) is 1.29. The Balaban J connectivity index is 1.45. The first-order valence-corrected chi connectivity index (χ1v) is 9.11. The highest BCUT2D eigenvalue weighted by Gasteiger charge is 2.36. The second-order valence-corrected chi connectivity index (χ2v) is 6.88. The molecule has 25 heavy (non-hydrogen) atoms. The van der Waals surface area contributed by atoms with E-state index in [9.17, 15) is 9.59 Å². The summed E-state index contributed by atoms with van der Waals surface area (Å²) in [5.41, 5.74) is 0.527. The fraction of sp³-hybridized carbons (Fsp3) is 0.526. The van der Waals surface area contributed by atoms with E-state index in [0.717, 1.165) is 19.3 Å². The van der Waals surface area contributed by atoms with Gasteiger partial charge in [0.25, 0.3) is 5.56 Å². The molecule has 2 atom stereocenters. The van der Waals surface area contributed by atoms with Crippen LogP contribution in [0.5, 0.6) is 0 Å². The van der Waals surface area contributed by atoms with Crippen molar-refractivity contribution in [1.29, 1.82) is 0 Å². The van der Waals surface area contributed by atoms with Crippen molar-refractivity contribution in [3.05, 3.63) is 40.4 Å². The molecule has 1 saturated heterocycles. The Kier molecular flexibility index (Phi) is 4.53. The first-order valence-electron chi connectivity index (χ1n) is 9.11. The van der Waals surface area contributed by atoms with Crippen LogP contribution in [0.1, 0.15) is 37.9 Å². The number of aryl methyl sites for hydroxylation is 1. The average molecular weight is 341 g/mol. The van der Waals surface area contributed by atoms with Crippen molar-refractivity contribution in [2.24, 2.45) is 0 Å². The third-order valence-electron chi connectivity index (χ3n) is 5.29. The van der Waals surface area contributed by atoms with Crippen molar-refractivity contribution >= 4 is 16.8 Å². The van der Waals surface area contributed by atoms with E-state index in [0.29, 0.717) is 42.7 Å². The number of aromatic nitrogens is 2. The lowest BCUT2D eigenvalue weighted by molar-refractivity contribution is -0.149. The minimum atomic E-state index is -0.147. The Bertz CT molecular complexity index is 830. The molecule has 0 bridgehead atoms. The number of aromatic amines is 1. The number of nitrogens with zero attached hydrogens (tertiary/aromatic N) is 2. The smallest absolute Gasteiger partial charge is 0.258 e. The molecule has 6 nitrogen and oxygen atoms in total. The normalized spacial score (nSPS) is 23.4. The Morgan fingerprint density at radius 2 is 2.12 bits per heavy atom. The van der Waals surface area contributed by atoms with Crippen LogP contribution in [0.2, 0.25) is 0 Å². The third-order valence-corrected chi connectivity index (χ3v) is 5.29. The van der Waals surface area contributed by atoms with Gasteiger partial charge in [0.15, 0.2) is 0 Å². The van der Waals surface area contributed by atoms with Crippen molar-refractivity contribution in [2.45, 2.75) is 50.7 Å². The molecule has 1 N–H and O–H groups in total. The number of fused-ring (bicyclic) bond motifs is 2. The predicted octanol–water partition coefficient (Wildman–Crippen LogP) is 2.03. The van der Waals surface area contributed by atoms with E-state index < -0.39 is 0 Å². The monoisotopic (exact) mass is 341 g/mol. The molecular formula is C19H23N3O3. The van der Waals surface area contributed by atoms with Crippen LogP contribution >= 0.6 is 0 Å². The molecule has 1 aromatic carbocycles. The minimum Gasteiger partial charge on any atom is -0.374 e. The van der Waals surface area contributed by atoms with Crippen LogP contribution in [0, 0.1) is 0 Å². The van der Waals surface area contributed by atoms with Crippen LogP contribution in [0.15, 0.2) is 29.1 Å². The fourth-order valence-electron chi connectivity index (χ4n) is 4.03. The lowest BCUT2D eigenvalue weighted by Crippen LogP contribution is -2.54. The van der Waals surface area contributed by atoms with E-state index >= 15 is 0 Å². The summed E-state index contributed by atoms with van der Waals surface area (Å²) in [5.74, 6) is 0.710. The molecule has 2 fully saturated rings. The number of hydrogen-bond acceptors (Lipinski definition) is 4. The number of hydrogen-bond donors (Lipinski definition) is 1. The van der Waals surface area contributed by atoms with Gasteiger partial charge < -0.3 is 14.6 Å². The van der Waals surface area contributed by atoms with Gasteiger partial charge in [-0.1, -0.05) is 25.0 Å². The molecule has 6 heteroatoms. The van der Waals surface area contributed by atoms with Crippen LogP contribution in [0.4, 0.5) is 0 Å². The summed E-state index contributed by atoms with van der Waals surface area (Å²) in [7, 11) is 0. The molecule has 1 amide bonds. The molecule has 2 heterocycles. The molecule has 1 saturated carbocycles. The summed E-state index contributed by atoms with van der Waals surface area (Å²) < 4.78 is 5.84. The summed E-state index contributed by atoms with van der Waals surface area (Å²) in [4.78, 5) is 34.1. The van der Waals surface area contributed by atoms with Gasteiger partial charge in [0.1, 0.15) is 5.82 Å². The van der Waals surface area contributed by atoms with Crippen LogP contribution in [0.25, 0.3) is 10.9 Å². The maximum Gasteiger partial charge on any atom is 0.258 e. The highest BCUT2D eigenvalue weighted by atomic mass is 16.5. The number of carbonyl (C=O) groups excluding carboxylic acids is 1. The van der Waals surface area contributed by atoms with E-state index in [-0.39, 0.29) is 23.6 Å². The van der Waals surface area contributed by atoms with E-state index in [1.54, 1.807) is 6.07 Å². The second-order valence-electron chi connectivity index (χ2n) is 6.88. The lowest BCUT2D eigenvalue weighted by atomic mass is 9.90. The molecule has 1 aliphatic heterocycles. The highest BCUT2D eigenvalue weighted by molar-refractivity contribution is 5.78. The average Bonchev–Trinajstić information content (AvgIpc) is 2.66. The third kappa shape index (κ3) is 3.31. The van der Waals surface area contributed by atoms with Gasteiger partial charge in [-0.2, -0.15) is 0 Å². The lowest BCUT2D eigenvalue weighted by Gasteiger charge is -2.43. The van der Waals surface area contributed by atoms with Crippen molar-refractivity contribution in [2.75, 3.05) is 13.2 Å². The molecule has 1 aromatic heterocycles. The van der Waals surface area contributed by atoms with Gasteiger partial charge in [-0.05, 0) is 25.0 Å². The number of carbonyl (C=O) groups is 1. The van der Waals surface area contributed by atoms with Gasteiger partial charge >= 0.3 is 0 Å². The Labute approximate surface area is 146 Å². The van der Waals surface area contributed by atoms with E-state index in [1.807, 2.05) is 23.1 Å². The first kappa shape index (κ1) is 16.3. The number of benzene rings is 1. The molecule has 0 radical (unpaired) electrons. The zero-order valence-corrected chi connectivity index (χ0v) is 14.2. The SMILES string of the molecule is O=C(CCc1nc2ccccc2c(=O)[nH]1)N1CCO[C@@H]2CCCC[C@H]21. The number of morpholine rings is 1. The maximum atomic E-state index is 12.7. The number of para-hydroxylation sites is 1. The van der Waals surface area contributed by atoms with Crippen molar-refractivity contribution in [3.63, 3.8) is 0 Å². The Morgan fingerprint density at radius 1 is 1.28 bits per heavy atom. The highest BCUT2D eigenvalue weighted by Crippen LogP contribution is 2.28. The molecule has 0 spiro atoms. The molecular weight excluding hydrogens is 318 g/mol. The van der Waals surface area contributed by atoms with Gasteiger partial charge in [-0.15, -0.1) is 0 Å². The number of rotatable bonds is 3. The molecule has 132 valence electrons. The topological polar surface area (TPSA) is 75.3 Å². The van der Waals surface area contributed by atoms with Crippen molar-refractivity contribution in [3.8, 4) is 0 Å². The van der Waals surface area contributed by atoms with E-state index in [4.69, 9.17) is 4.74 Å². The standard InChI is InChI=1S/C19H23N3O3/c23-18(22-11-12-25-16-8-4-3-7-15(16)22)10-9-17-20-14-6-2-1-5-13(14)19(24)21-17/h1-2,5-6,15-16H,3-4,7-12H2,(H,20,21,24)/t15-,16-/m1/s1. The van der Waals surface area contributed by atoms with Gasteiger partial charge in [0.2, 0.25) is 5.91 Å². The molecule has 4 rings (SSSR count). The molecule has 0 unspecified atom stereocenters. The van der Waals surface area contributed by atoms with Crippen LogP contribution in [-0.4, -0.2) is 46.1 Å². The summed E-state index contributed by atoms with van der Waals surface area (Å²) in [6, 6.07) is 7.48. The maximum absolute atomic E-state index is 12.7. The van der Waals surface area contributed by atoms with Gasteiger partial charge in [0, 0.05) is 19.4 Å². The molecule has 1 aliphatic carbocycles. The quantitative estimate of drug-likeness (QED) is 0.927. The van der Waals surface area contributed by atoms with Gasteiger partial charge in [-0.25, -0.2) is 4.98 Å². The first-order chi connectivity index (χ1) is 12.2. The largest absolute Gasteiger partial charge is 0.374 e. The van der Waals surface area contributed by atoms with Gasteiger partial charge in [0.05, 0.1) is 29.7 Å². The predicted molar refractivity (Wildman–Crippen MR) is 94.4 cm³/mol. The van der Waals surface area contributed by atoms with Crippen molar-refractivity contribution < 1.29 is 9.53 Å². The second kappa shape index (κ2) is 6.96. The van der Waals surface area contributed by atoms with Crippen LogP contribution < -0.4 is 5.56 Å². The van der Waals surface area contributed by atoms with E-state index in [2.05, 4.69) is 9.97 Å². The summed E-state index contributed by atoms with van der Waals surface area (Å²) in [5, 5.41) is 0.579. The summed E-state index contributed by atoms with van der Waals surface area (Å²) in [6.07, 6.45) is 5.44. The van der Waals surface area contributed by atoms with Crippen LogP contribution in [0.3, 0.4) is 0 Å². The van der Waals surface area contributed by atoms with Crippen LogP contribution in [-0.2, 0) is 16.0 Å². The Morgan fingerprint density at radius 3 is 3.04 bits per heavy atom.